The Morgan fingerprint density at radius 2 is 2.19 bits per heavy atom. The third-order valence-corrected chi connectivity index (χ3v) is 1.77. The van der Waals surface area contributed by atoms with Crippen LogP contribution in [0.15, 0.2) is 6.20 Å². The Labute approximate surface area is 93.6 Å². The fourth-order valence-electron chi connectivity index (χ4n) is 1.10. The second-order valence-electron chi connectivity index (χ2n) is 2.86. The molecule has 0 saturated heterocycles. The van der Waals surface area contributed by atoms with Crippen molar-refractivity contribution in [1.29, 1.82) is 0 Å². The minimum Gasteiger partial charge on any atom is -0.480 e. The van der Waals surface area contributed by atoms with E-state index < -0.39 is 5.97 Å². The summed E-state index contributed by atoms with van der Waals surface area (Å²) in [4.78, 5) is 19.5. The molecule has 0 saturated carbocycles. The third kappa shape index (κ3) is 2.90. The molecule has 16 heavy (non-hydrogen) atoms. The zero-order valence-corrected chi connectivity index (χ0v) is 9.52. The van der Waals surface area contributed by atoms with E-state index in [9.17, 15) is 4.79 Å². The molecule has 0 atom stereocenters. The lowest BCUT2D eigenvalue weighted by molar-refractivity contribution is 0.0520. The van der Waals surface area contributed by atoms with Gasteiger partial charge in [0.2, 0.25) is 5.88 Å². The number of hydrogen-bond acceptors (Lipinski definition) is 6. The highest BCUT2D eigenvalue weighted by Gasteiger charge is 2.16. The van der Waals surface area contributed by atoms with E-state index in [0.29, 0.717) is 12.4 Å². The van der Waals surface area contributed by atoms with Gasteiger partial charge in [-0.2, -0.15) is 4.98 Å². The smallest absolute Gasteiger partial charge is 0.345 e. The average molecular weight is 226 g/mol. The van der Waals surface area contributed by atoms with Gasteiger partial charge < -0.3 is 14.2 Å². The van der Waals surface area contributed by atoms with Crippen LogP contribution in [0.4, 0.5) is 0 Å². The molecule has 0 aromatic carbocycles. The van der Waals surface area contributed by atoms with Crippen molar-refractivity contribution in [2.75, 3.05) is 20.8 Å². The lowest BCUT2D eigenvalue weighted by atomic mass is 10.3. The topological polar surface area (TPSA) is 70.5 Å². The second kappa shape index (κ2) is 6.02. The number of rotatable bonds is 5. The molecule has 1 aromatic rings. The minimum absolute atomic E-state index is 0.195. The first-order valence-electron chi connectivity index (χ1n) is 4.78. The van der Waals surface area contributed by atoms with Gasteiger partial charge in [0, 0.05) is 13.3 Å². The number of hydrogen-bond donors (Lipinski definition) is 0. The van der Waals surface area contributed by atoms with E-state index in [2.05, 4.69) is 9.97 Å². The van der Waals surface area contributed by atoms with E-state index in [-0.39, 0.29) is 18.1 Å². The molecule has 0 unspecified atom stereocenters. The van der Waals surface area contributed by atoms with Crippen molar-refractivity contribution in [3.8, 4) is 5.88 Å². The summed E-state index contributed by atoms with van der Waals surface area (Å²) in [5, 5.41) is 0. The average Bonchev–Trinajstić information content (AvgIpc) is 2.29. The Morgan fingerprint density at radius 1 is 1.44 bits per heavy atom. The molecular formula is C10H14N2O4. The number of carbonyl (C=O) groups is 1. The van der Waals surface area contributed by atoms with Gasteiger partial charge in [0.25, 0.3) is 0 Å². The first-order chi connectivity index (χ1) is 7.72. The SMILES string of the molecule is CCOC(=O)c1cnc(COC)nc1OC. The molecule has 6 nitrogen and oxygen atoms in total. The highest BCUT2D eigenvalue weighted by atomic mass is 16.5. The van der Waals surface area contributed by atoms with Gasteiger partial charge in [-0.25, -0.2) is 9.78 Å². The van der Waals surface area contributed by atoms with E-state index in [1.54, 1.807) is 6.92 Å². The molecule has 1 heterocycles. The van der Waals surface area contributed by atoms with E-state index >= 15 is 0 Å². The van der Waals surface area contributed by atoms with Crippen molar-refractivity contribution in [3.63, 3.8) is 0 Å². The maximum Gasteiger partial charge on any atom is 0.345 e. The van der Waals surface area contributed by atoms with Crippen molar-refractivity contribution in [1.82, 2.24) is 9.97 Å². The minimum atomic E-state index is -0.497. The molecule has 0 bridgehead atoms. The molecule has 0 aliphatic rings. The molecule has 0 N–H and O–H groups in total. The molecule has 0 amide bonds. The normalized spacial score (nSPS) is 9.94. The van der Waals surface area contributed by atoms with Crippen LogP contribution >= 0.6 is 0 Å². The fraction of sp³-hybridized carbons (Fsp3) is 0.500. The molecule has 88 valence electrons. The van der Waals surface area contributed by atoms with Crippen LogP contribution in [0, 0.1) is 0 Å². The van der Waals surface area contributed by atoms with Gasteiger partial charge in [-0.1, -0.05) is 0 Å². The summed E-state index contributed by atoms with van der Waals surface area (Å²) in [6.45, 7) is 2.28. The summed E-state index contributed by atoms with van der Waals surface area (Å²) in [7, 11) is 2.97. The number of ether oxygens (including phenoxy) is 3. The van der Waals surface area contributed by atoms with Crippen molar-refractivity contribution < 1.29 is 19.0 Å². The van der Waals surface area contributed by atoms with Gasteiger partial charge >= 0.3 is 5.97 Å². The van der Waals surface area contributed by atoms with Crippen LogP contribution in [0.25, 0.3) is 0 Å². The van der Waals surface area contributed by atoms with Gasteiger partial charge in [0.1, 0.15) is 12.2 Å². The molecule has 0 aliphatic carbocycles. The molecule has 1 aromatic heterocycles. The summed E-state index contributed by atoms with van der Waals surface area (Å²) < 4.78 is 14.7. The van der Waals surface area contributed by atoms with E-state index in [1.807, 2.05) is 0 Å². The van der Waals surface area contributed by atoms with E-state index in [1.165, 1.54) is 20.4 Å². The standard InChI is InChI=1S/C10H14N2O4/c1-4-16-10(13)7-5-11-8(6-14-2)12-9(7)15-3/h5H,4,6H2,1-3H3. The van der Waals surface area contributed by atoms with Crippen molar-refractivity contribution in [3.05, 3.63) is 17.6 Å². The van der Waals surface area contributed by atoms with Crippen molar-refractivity contribution in [2.45, 2.75) is 13.5 Å². The van der Waals surface area contributed by atoms with Crippen LogP contribution in [0.1, 0.15) is 23.1 Å². The van der Waals surface area contributed by atoms with Crippen LogP contribution in [0.5, 0.6) is 5.88 Å². The van der Waals surface area contributed by atoms with Gasteiger partial charge in [0.15, 0.2) is 5.82 Å². The fourth-order valence-corrected chi connectivity index (χ4v) is 1.10. The lowest BCUT2D eigenvalue weighted by Gasteiger charge is -2.07. The van der Waals surface area contributed by atoms with Crippen LogP contribution in [-0.2, 0) is 16.1 Å². The summed E-state index contributed by atoms with van der Waals surface area (Å²) in [6.07, 6.45) is 1.37. The molecule has 0 radical (unpaired) electrons. The Hall–Kier alpha value is -1.69. The maximum atomic E-state index is 11.5. The Bertz CT molecular complexity index is 368. The summed E-state index contributed by atoms with van der Waals surface area (Å²) in [6, 6.07) is 0. The third-order valence-electron chi connectivity index (χ3n) is 1.77. The van der Waals surface area contributed by atoms with Gasteiger partial charge in [-0.3, -0.25) is 0 Å². The van der Waals surface area contributed by atoms with E-state index in [0.717, 1.165) is 0 Å². The Morgan fingerprint density at radius 3 is 2.75 bits per heavy atom. The number of esters is 1. The van der Waals surface area contributed by atoms with Gasteiger partial charge in [0.05, 0.1) is 13.7 Å². The second-order valence-corrected chi connectivity index (χ2v) is 2.86. The maximum absolute atomic E-state index is 11.5. The summed E-state index contributed by atoms with van der Waals surface area (Å²) in [5.41, 5.74) is 0.212. The highest BCUT2D eigenvalue weighted by molar-refractivity contribution is 5.91. The first-order valence-corrected chi connectivity index (χ1v) is 4.78. The largest absolute Gasteiger partial charge is 0.480 e. The monoisotopic (exact) mass is 226 g/mol. The molecule has 0 aliphatic heterocycles. The summed E-state index contributed by atoms with van der Waals surface area (Å²) in [5.74, 6) is 0.149. The zero-order chi connectivity index (χ0) is 12.0. The first kappa shape index (κ1) is 12.4. The number of methoxy groups -OCH3 is 2. The van der Waals surface area contributed by atoms with Crippen LogP contribution in [0.2, 0.25) is 0 Å². The lowest BCUT2D eigenvalue weighted by Crippen LogP contribution is -2.10. The highest BCUT2D eigenvalue weighted by Crippen LogP contribution is 2.15. The molecule has 0 fully saturated rings. The quantitative estimate of drug-likeness (QED) is 0.692. The van der Waals surface area contributed by atoms with Crippen LogP contribution < -0.4 is 4.74 Å². The number of aromatic nitrogens is 2. The van der Waals surface area contributed by atoms with Gasteiger partial charge in [-0.15, -0.1) is 0 Å². The number of carbonyl (C=O) groups excluding carboxylic acids is 1. The molecule has 6 heteroatoms. The molecular weight excluding hydrogens is 212 g/mol. The molecule has 0 spiro atoms. The van der Waals surface area contributed by atoms with Gasteiger partial charge in [-0.05, 0) is 6.92 Å². The summed E-state index contributed by atoms with van der Waals surface area (Å²) >= 11 is 0. The predicted octanol–water partition coefficient (Wildman–Crippen LogP) is 0.808. The molecule has 1 rings (SSSR count). The van der Waals surface area contributed by atoms with Crippen molar-refractivity contribution >= 4 is 5.97 Å². The predicted molar refractivity (Wildman–Crippen MR) is 55.3 cm³/mol. The zero-order valence-electron chi connectivity index (χ0n) is 9.52. The van der Waals surface area contributed by atoms with Crippen LogP contribution in [-0.4, -0.2) is 36.8 Å². The number of nitrogens with zero attached hydrogens (tertiary/aromatic N) is 2. The van der Waals surface area contributed by atoms with Crippen LogP contribution in [0.3, 0.4) is 0 Å². The van der Waals surface area contributed by atoms with E-state index in [4.69, 9.17) is 14.2 Å². The Balaban J connectivity index is 2.96. The van der Waals surface area contributed by atoms with Crippen molar-refractivity contribution in [2.24, 2.45) is 0 Å². The Kier molecular flexibility index (Phi) is 4.65.